The Morgan fingerprint density at radius 2 is 2.26 bits per heavy atom. The highest BCUT2D eigenvalue weighted by atomic mass is 35.5. The molecule has 0 amide bonds. The van der Waals surface area contributed by atoms with E-state index in [1.807, 2.05) is 18.2 Å². The minimum absolute atomic E-state index is 0. The standard InChI is InChI=1S/C13H16N2OS.2ClH/c1-10(16)17-13-5-7-14-9-11(13)8-12-4-2-3-6-15-12;;/h2-4,6,8,13-14H,5,7,9H2,1H3;2*1H. The van der Waals surface area contributed by atoms with Crippen LogP contribution in [-0.4, -0.2) is 28.4 Å². The van der Waals surface area contributed by atoms with Gasteiger partial charge < -0.3 is 5.32 Å². The van der Waals surface area contributed by atoms with Crippen molar-refractivity contribution in [1.82, 2.24) is 10.3 Å². The Kier molecular flexibility index (Phi) is 9.10. The number of carbonyl (C=O) groups excluding carboxylic acids is 1. The molecule has 1 aromatic rings. The predicted octanol–water partition coefficient (Wildman–Crippen LogP) is 2.95. The van der Waals surface area contributed by atoms with E-state index in [0.717, 1.165) is 25.2 Å². The number of rotatable bonds is 2. The van der Waals surface area contributed by atoms with Crippen LogP contribution in [0.15, 0.2) is 30.0 Å². The molecule has 3 nitrogen and oxygen atoms in total. The van der Waals surface area contributed by atoms with E-state index >= 15 is 0 Å². The third kappa shape index (κ3) is 5.95. The lowest BCUT2D eigenvalue weighted by Crippen LogP contribution is -2.32. The zero-order valence-corrected chi connectivity index (χ0v) is 13.1. The maximum atomic E-state index is 11.2. The smallest absolute Gasteiger partial charge is 0.186 e. The highest BCUT2D eigenvalue weighted by Gasteiger charge is 2.20. The summed E-state index contributed by atoms with van der Waals surface area (Å²) >= 11 is 1.43. The van der Waals surface area contributed by atoms with E-state index in [0.29, 0.717) is 5.25 Å². The van der Waals surface area contributed by atoms with Crippen LogP contribution in [0.1, 0.15) is 19.0 Å². The van der Waals surface area contributed by atoms with Crippen LogP contribution in [0, 0.1) is 0 Å². The quantitative estimate of drug-likeness (QED) is 0.909. The molecule has 1 N–H and O–H groups in total. The maximum absolute atomic E-state index is 11.2. The molecule has 0 aromatic carbocycles. The lowest BCUT2D eigenvalue weighted by atomic mass is 10.0. The van der Waals surface area contributed by atoms with E-state index in [2.05, 4.69) is 16.4 Å². The average Bonchev–Trinajstić information content (AvgIpc) is 2.32. The molecule has 1 aromatic heterocycles. The summed E-state index contributed by atoms with van der Waals surface area (Å²) in [6.07, 6.45) is 4.88. The van der Waals surface area contributed by atoms with Crippen LogP contribution in [0.3, 0.4) is 0 Å². The summed E-state index contributed by atoms with van der Waals surface area (Å²) in [4.78, 5) is 15.5. The van der Waals surface area contributed by atoms with Crippen molar-refractivity contribution in [2.24, 2.45) is 0 Å². The van der Waals surface area contributed by atoms with Crippen LogP contribution >= 0.6 is 36.6 Å². The molecule has 1 atom stereocenters. The molecule has 6 heteroatoms. The number of thioether (sulfide) groups is 1. The molecule has 0 saturated carbocycles. The van der Waals surface area contributed by atoms with Crippen molar-refractivity contribution in [2.45, 2.75) is 18.6 Å². The van der Waals surface area contributed by atoms with Gasteiger partial charge in [-0.15, -0.1) is 24.8 Å². The first kappa shape index (κ1) is 18.4. The Morgan fingerprint density at radius 3 is 2.89 bits per heavy atom. The van der Waals surface area contributed by atoms with E-state index in [4.69, 9.17) is 0 Å². The fraction of sp³-hybridized carbons (Fsp3) is 0.385. The summed E-state index contributed by atoms with van der Waals surface area (Å²) in [5.41, 5.74) is 2.22. The van der Waals surface area contributed by atoms with Gasteiger partial charge >= 0.3 is 0 Å². The second kappa shape index (κ2) is 9.37. The van der Waals surface area contributed by atoms with Gasteiger partial charge in [-0.3, -0.25) is 9.78 Å². The summed E-state index contributed by atoms with van der Waals surface area (Å²) < 4.78 is 0. The Labute approximate surface area is 130 Å². The third-order valence-corrected chi connectivity index (χ3v) is 3.81. The molecule has 19 heavy (non-hydrogen) atoms. The Balaban J connectivity index is 0.00000162. The summed E-state index contributed by atoms with van der Waals surface area (Å²) in [6.45, 7) is 3.46. The number of halogens is 2. The molecular formula is C13H18Cl2N2OS. The van der Waals surface area contributed by atoms with E-state index in [1.54, 1.807) is 13.1 Å². The predicted molar refractivity (Wildman–Crippen MR) is 86.3 cm³/mol. The number of nitrogens with zero attached hydrogens (tertiary/aromatic N) is 1. The van der Waals surface area contributed by atoms with Crippen molar-refractivity contribution in [1.29, 1.82) is 0 Å². The number of piperidine rings is 1. The Bertz CT molecular complexity index is 426. The molecular weight excluding hydrogens is 303 g/mol. The Hall–Kier alpha value is -0.550. The van der Waals surface area contributed by atoms with E-state index in [1.165, 1.54) is 17.3 Å². The van der Waals surface area contributed by atoms with Crippen molar-refractivity contribution < 1.29 is 4.79 Å². The van der Waals surface area contributed by atoms with E-state index < -0.39 is 0 Å². The summed E-state index contributed by atoms with van der Waals surface area (Å²) in [5.74, 6) is 0. The first-order valence-electron chi connectivity index (χ1n) is 5.75. The van der Waals surface area contributed by atoms with Crippen LogP contribution in [0.25, 0.3) is 6.08 Å². The molecule has 0 aliphatic carbocycles. The number of nitrogens with one attached hydrogen (secondary N) is 1. The van der Waals surface area contributed by atoms with Crippen molar-refractivity contribution >= 4 is 47.8 Å². The fourth-order valence-electron chi connectivity index (χ4n) is 1.90. The summed E-state index contributed by atoms with van der Waals surface area (Å²) in [5, 5.41) is 3.82. The van der Waals surface area contributed by atoms with Gasteiger partial charge in [0, 0.05) is 24.9 Å². The Morgan fingerprint density at radius 1 is 1.47 bits per heavy atom. The molecule has 0 radical (unpaired) electrons. The fourth-order valence-corrected chi connectivity index (χ4v) is 2.83. The van der Waals surface area contributed by atoms with Crippen LogP contribution in [0.2, 0.25) is 0 Å². The van der Waals surface area contributed by atoms with Crippen LogP contribution in [-0.2, 0) is 4.79 Å². The maximum Gasteiger partial charge on any atom is 0.186 e. The average molecular weight is 321 g/mol. The highest BCUT2D eigenvalue weighted by molar-refractivity contribution is 8.14. The van der Waals surface area contributed by atoms with Gasteiger partial charge in [-0.25, -0.2) is 0 Å². The minimum atomic E-state index is 0. The molecule has 1 aliphatic heterocycles. The molecule has 0 spiro atoms. The topological polar surface area (TPSA) is 42.0 Å². The van der Waals surface area contributed by atoms with Crippen molar-refractivity contribution in [3.8, 4) is 0 Å². The first-order valence-corrected chi connectivity index (χ1v) is 6.63. The zero-order chi connectivity index (χ0) is 12.1. The monoisotopic (exact) mass is 320 g/mol. The van der Waals surface area contributed by atoms with Crippen LogP contribution in [0.5, 0.6) is 0 Å². The minimum Gasteiger partial charge on any atom is -0.313 e. The molecule has 1 saturated heterocycles. The largest absolute Gasteiger partial charge is 0.313 e. The summed E-state index contributed by atoms with van der Waals surface area (Å²) in [6, 6.07) is 5.86. The van der Waals surface area contributed by atoms with Gasteiger partial charge in [0.2, 0.25) is 0 Å². The van der Waals surface area contributed by atoms with Gasteiger partial charge in [0.15, 0.2) is 5.12 Å². The van der Waals surface area contributed by atoms with E-state index in [9.17, 15) is 4.79 Å². The number of pyridine rings is 1. The van der Waals surface area contributed by atoms with E-state index in [-0.39, 0.29) is 29.9 Å². The van der Waals surface area contributed by atoms with Gasteiger partial charge in [-0.05, 0) is 36.7 Å². The highest BCUT2D eigenvalue weighted by Crippen LogP contribution is 2.26. The number of carbonyl (C=O) groups is 1. The van der Waals surface area contributed by atoms with Gasteiger partial charge in [0.25, 0.3) is 0 Å². The van der Waals surface area contributed by atoms with Gasteiger partial charge in [0.1, 0.15) is 0 Å². The number of hydrogen-bond acceptors (Lipinski definition) is 4. The van der Waals surface area contributed by atoms with Crippen LogP contribution < -0.4 is 5.32 Å². The lowest BCUT2D eigenvalue weighted by molar-refractivity contribution is -0.109. The molecule has 0 bridgehead atoms. The number of aromatic nitrogens is 1. The van der Waals surface area contributed by atoms with Gasteiger partial charge in [0.05, 0.1) is 5.69 Å². The van der Waals surface area contributed by atoms with Gasteiger partial charge in [-0.1, -0.05) is 17.8 Å². The third-order valence-electron chi connectivity index (χ3n) is 2.66. The van der Waals surface area contributed by atoms with Crippen LogP contribution in [0.4, 0.5) is 0 Å². The second-order valence-electron chi connectivity index (χ2n) is 4.04. The molecule has 106 valence electrons. The molecule has 1 fully saturated rings. The van der Waals surface area contributed by atoms with Crippen molar-refractivity contribution in [3.63, 3.8) is 0 Å². The number of hydrogen-bond donors (Lipinski definition) is 1. The molecule has 2 rings (SSSR count). The molecule has 1 aliphatic rings. The van der Waals surface area contributed by atoms with Gasteiger partial charge in [-0.2, -0.15) is 0 Å². The molecule has 1 unspecified atom stereocenters. The van der Waals surface area contributed by atoms with Crippen molar-refractivity contribution in [2.75, 3.05) is 13.1 Å². The zero-order valence-electron chi connectivity index (χ0n) is 10.7. The van der Waals surface area contributed by atoms with Crippen molar-refractivity contribution in [3.05, 3.63) is 35.7 Å². The SMILES string of the molecule is CC(=O)SC1CCNCC1=Cc1ccccn1.Cl.Cl. The first-order chi connectivity index (χ1) is 8.25. The summed E-state index contributed by atoms with van der Waals surface area (Å²) in [7, 11) is 0. The second-order valence-corrected chi connectivity index (χ2v) is 5.42. The molecule has 2 heterocycles. The lowest BCUT2D eigenvalue weighted by Gasteiger charge is -2.24. The normalized spacial score (nSPS) is 20.3.